The van der Waals surface area contributed by atoms with Gasteiger partial charge in [-0.15, -0.1) is 0 Å². The molecular formula is C39H50F27N3O15. The van der Waals surface area contributed by atoms with Gasteiger partial charge in [0.2, 0.25) is 17.7 Å². The van der Waals surface area contributed by atoms with Gasteiger partial charge in [0.1, 0.15) is 19.7 Å². The average molecular weight is 1310 g/mol. The molecule has 0 fully saturated rings. The smallest absolute Gasteiger partial charge is 0.394 e. The molecule has 0 aliphatic heterocycles. The number of aliphatic hydroxyl groups is 2. The predicted octanol–water partition coefficient (Wildman–Crippen LogP) is 5.46. The summed E-state index contributed by atoms with van der Waals surface area (Å²) in [6.07, 6.45) is -73.9. The van der Waals surface area contributed by atoms with Gasteiger partial charge >= 0.3 is 72.4 Å². The van der Waals surface area contributed by atoms with Crippen LogP contribution in [0.3, 0.4) is 0 Å². The van der Waals surface area contributed by atoms with E-state index >= 15 is 0 Å². The Hall–Kier alpha value is -3.96. The van der Waals surface area contributed by atoms with Crippen molar-refractivity contribution in [1.29, 1.82) is 0 Å². The molecule has 0 radical (unpaired) electrons. The van der Waals surface area contributed by atoms with E-state index in [0.717, 1.165) is 0 Å². The Morgan fingerprint density at radius 3 is 0.774 bits per heavy atom. The number of halogens is 27. The third kappa shape index (κ3) is 22.6. The predicted molar refractivity (Wildman–Crippen MR) is 215 cm³/mol. The van der Waals surface area contributed by atoms with E-state index in [1.165, 1.54) is 0 Å². The molecule has 84 heavy (non-hydrogen) atoms. The molecule has 0 spiro atoms. The van der Waals surface area contributed by atoms with E-state index in [1.807, 2.05) is 10.6 Å². The van der Waals surface area contributed by atoms with E-state index in [1.54, 1.807) is 0 Å². The largest absolute Gasteiger partial charge is 0.435 e. The van der Waals surface area contributed by atoms with Gasteiger partial charge in [-0.1, -0.05) is 0 Å². The summed E-state index contributed by atoms with van der Waals surface area (Å²) < 4.78 is 420. The highest BCUT2D eigenvalue weighted by Gasteiger charge is 2.89. The quantitative estimate of drug-likeness (QED) is 0.0445. The van der Waals surface area contributed by atoms with Crippen LogP contribution in [0.15, 0.2) is 0 Å². The summed E-state index contributed by atoms with van der Waals surface area (Å²) in [5.41, 5.74) is -29.8. The first kappa shape index (κ1) is 80.0. The molecule has 3 amide bonds. The van der Waals surface area contributed by atoms with Crippen molar-refractivity contribution in [3.05, 3.63) is 0 Å². The standard InChI is InChI=1S/C39H50F27N3O15/c40-31(41,42)28(32(43,44)45,33(46,47)48)82-21-27(22-83-29(34(49,50)51,35(52,53)54)36(55,56)57,23-84-30(37(58,59)60,38(61,62)63)39(64,65)66)20-81-19-26(74)69(17-24(72)67-1-5-75-9-13-79-15-11-77-7-3-70)18-25(73)68-2-6-76-10-14-80-16-12-78-8-4-71/h70-71H,1-23H2,(H,67,72)(H,68,73). The lowest BCUT2D eigenvalue weighted by Gasteiger charge is -2.45. The Morgan fingerprint density at radius 1 is 0.321 bits per heavy atom. The number of carbonyl (C=O) groups excluding carboxylic acids is 3. The molecule has 0 saturated heterocycles. The number of hydrogen-bond donors (Lipinski definition) is 4. The second-order valence-corrected chi connectivity index (χ2v) is 16.5. The summed E-state index contributed by atoms with van der Waals surface area (Å²) in [5.74, 6) is -5.08. The summed E-state index contributed by atoms with van der Waals surface area (Å²) in [6.45, 7) is -25.0. The van der Waals surface area contributed by atoms with Crippen molar-refractivity contribution < 1.29 is 191 Å². The number of alkyl halides is 27. The fourth-order valence-electron chi connectivity index (χ4n) is 6.09. The number of ether oxygens (including phenoxy) is 10. The van der Waals surface area contributed by atoms with Crippen LogP contribution in [0.1, 0.15) is 0 Å². The molecule has 45 heteroatoms. The van der Waals surface area contributed by atoms with E-state index in [2.05, 4.69) is 18.9 Å². The zero-order chi connectivity index (χ0) is 65.6. The Labute approximate surface area is 453 Å². The van der Waals surface area contributed by atoms with Gasteiger partial charge in [-0.2, -0.15) is 119 Å². The molecule has 0 rings (SSSR count). The van der Waals surface area contributed by atoms with Crippen LogP contribution in [0.5, 0.6) is 0 Å². The molecule has 0 atom stereocenters. The summed E-state index contributed by atoms with van der Waals surface area (Å²) >= 11 is 0. The minimum Gasteiger partial charge on any atom is -0.394 e. The summed E-state index contributed by atoms with van der Waals surface area (Å²) in [7, 11) is 0. The zero-order valence-corrected chi connectivity index (χ0v) is 42.1. The Kier molecular flexibility index (Phi) is 31.3. The third-order valence-corrected chi connectivity index (χ3v) is 10.1. The Bertz CT molecular complexity index is 1650. The molecule has 500 valence electrons. The van der Waals surface area contributed by atoms with Crippen LogP contribution in [-0.2, 0) is 61.8 Å². The zero-order valence-electron chi connectivity index (χ0n) is 42.1. The first-order valence-electron chi connectivity index (χ1n) is 22.7. The Morgan fingerprint density at radius 2 is 0.548 bits per heavy atom. The van der Waals surface area contributed by atoms with Gasteiger partial charge in [0, 0.05) is 13.1 Å². The number of rotatable bonds is 39. The van der Waals surface area contributed by atoms with Gasteiger partial charge in [-0.3, -0.25) is 14.4 Å². The van der Waals surface area contributed by atoms with E-state index in [9.17, 15) is 133 Å². The number of amides is 3. The van der Waals surface area contributed by atoms with Gasteiger partial charge in [0.05, 0.1) is 124 Å². The fraction of sp³-hybridized carbons (Fsp3) is 0.923. The Balaban J connectivity index is 7.80. The van der Waals surface area contributed by atoms with Crippen molar-refractivity contribution in [1.82, 2.24) is 15.5 Å². The van der Waals surface area contributed by atoms with Crippen molar-refractivity contribution >= 4 is 17.7 Å². The highest BCUT2D eigenvalue weighted by molar-refractivity contribution is 5.89. The maximum Gasteiger partial charge on any atom is 0.435 e. The van der Waals surface area contributed by atoms with Crippen molar-refractivity contribution in [3.8, 4) is 0 Å². The molecular weight excluding hydrogens is 1260 g/mol. The summed E-state index contributed by atoms with van der Waals surface area (Å²) in [6, 6.07) is 0. The lowest BCUT2D eigenvalue weighted by molar-refractivity contribution is -0.474. The monoisotopic (exact) mass is 1310 g/mol. The highest BCUT2D eigenvalue weighted by Crippen LogP contribution is 2.59. The van der Waals surface area contributed by atoms with Crippen LogP contribution in [0.4, 0.5) is 119 Å². The van der Waals surface area contributed by atoms with Crippen LogP contribution >= 0.6 is 0 Å². The normalized spacial score (nSPS) is 14.3. The molecule has 4 N–H and O–H groups in total. The van der Waals surface area contributed by atoms with E-state index in [4.69, 9.17) is 38.6 Å². The van der Waals surface area contributed by atoms with Crippen LogP contribution in [0.25, 0.3) is 0 Å². The van der Waals surface area contributed by atoms with Crippen LogP contribution < -0.4 is 10.6 Å². The minimum atomic E-state index is -8.22. The van der Waals surface area contributed by atoms with Gasteiger partial charge < -0.3 is 73.1 Å². The van der Waals surface area contributed by atoms with E-state index in [-0.39, 0.29) is 84.2 Å². The van der Waals surface area contributed by atoms with Gasteiger partial charge in [0.25, 0.3) is 0 Å². The molecule has 0 aliphatic carbocycles. The number of aliphatic hydroxyl groups excluding tert-OH is 2. The lowest BCUT2D eigenvalue weighted by atomic mass is 9.89. The number of carbonyl (C=O) groups is 3. The number of nitrogens with zero attached hydrogens (tertiary/aromatic N) is 1. The van der Waals surface area contributed by atoms with Crippen LogP contribution in [-0.4, -0.2) is 257 Å². The van der Waals surface area contributed by atoms with Crippen molar-refractivity contribution in [2.45, 2.75) is 72.4 Å². The number of hydrogen-bond acceptors (Lipinski definition) is 15. The molecule has 18 nitrogen and oxygen atoms in total. The first-order chi connectivity index (χ1) is 38.1. The molecule has 0 aromatic carbocycles. The molecule has 0 aliphatic rings. The lowest BCUT2D eigenvalue weighted by Crippen LogP contribution is -2.71. The molecule has 0 aromatic rings. The maximum atomic E-state index is 14.0. The van der Waals surface area contributed by atoms with E-state index in [0.29, 0.717) is 0 Å². The first-order valence-corrected chi connectivity index (χ1v) is 22.7. The van der Waals surface area contributed by atoms with Gasteiger partial charge in [-0.25, -0.2) is 0 Å². The molecule has 0 heterocycles. The van der Waals surface area contributed by atoms with Gasteiger partial charge in [0.15, 0.2) is 0 Å². The third-order valence-electron chi connectivity index (χ3n) is 10.1. The minimum absolute atomic E-state index is 0.0122. The van der Waals surface area contributed by atoms with Gasteiger partial charge in [-0.05, 0) is 0 Å². The molecule has 0 aromatic heterocycles. The second-order valence-electron chi connectivity index (χ2n) is 16.5. The van der Waals surface area contributed by atoms with Crippen molar-refractivity contribution in [3.63, 3.8) is 0 Å². The molecule has 0 unspecified atom stereocenters. The highest BCUT2D eigenvalue weighted by atomic mass is 19.5. The second kappa shape index (κ2) is 32.9. The SMILES string of the molecule is O=C(CN(CC(=O)NCCOCCOCCOCCO)C(=O)COCC(COC(C(F)(F)F)(C(F)(F)F)C(F)(F)F)(COC(C(F)(F)F)(C(F)(F)F)C(F)(F)F)COC(C(F)(F)F)(C(F)(F)F)C(F)(F)F)NCCOCCOCCOCCO. The van der Waals surface area contributed by atoms with Crippen LogP contribution in [0, 0.1) is 5.41 Å². The summed E-state index contributed by atoms with van der Waals surface area (Å²) in [5, 5.41) is 21.3. The van der Waals surface area contributed by atoms with E-state index < -0.39 is 168 Å². The fourth-order valence-corrected chi connectivity index (χ4v) is 6.09. The molecule has 0 bridgehead atoms. The number of nitrogens with one attached hydrogen (secondary N) is 2. The van der Waals surface area contributed by atoms with Crippen molar-refractivity contribution in [2.75, 3.05) is 152 Å². The maximum absolute atomic E-state index is 14.0. The topological polar surface area (TPSA) is 211 Å². The van der Waals surface area contributed by atoms with Crippen LogP contribution in [0.2, 0.25) is 0 Å². The summed E-state index contributed by atoms with van der Waals surface area (Å²) in [4.78, 5) is 39.0. The molecule has 0 saturated carbocycles. The van der Waals surface area contributed by atoms with Crippen molar-refractivity contribution in [2.24, 2.45) is 5.41 Å². The average Bonchev–Trinajstić information content (AvgIpc) is 0.932.